The van der Waals surface area contributed by atoms with Crippen molar-refractivity contribution in [1.29, 1.82) is 0 Å². The van der Waals surface area contributed by atoms with E-state index in [9.17, 15) is 9.59 Å². The number of anilines is 2. The third-order valence-electron chi connectivity index (χ3n) is 8.34. The molecular weight excluding hydrogens is 434 g/mol. The number of carbonyl (C=O) groups excluding carboxylic acids is 2. The highest BCUT2D eigenvalue weighted by molar-refractivity contribution is 6.07. The smallest absolute Gasteiger partial charge is 0.258 e. The van der Waals surface area contributed by atoms with Crippen molar-refractivity contribution in [3.63, 3.8) is 0 Å². The first-order chi connectivity index (χ1) is 17.1. The van der Waals surface area contributed by atoms with E-state index in [1.54, 1.807) is 4.90 Å². The molecule has 2 aliphatic carbocycles. The second kappa shape index (κ2) is 10.9. The van der Waals surface area contributed by atoms with Crippen LogP contribution in [0.25, 0.3) is 0 Å². The van der Waals surface area contributed by atoms with Gasteiger partial charge in [0.05, 0.1) is 6.04 Å². The minimum Gasteiger partial charge on any atom is -0.311 e. The van der Waals surface area contributed by atoms with Crippen LogP contribution in [-0.2, 0) is 4.79 Å². The number of carbonyl (C=O) groups is 2. The fourth-order valence-electron chi connectivity index (χ4n) is 6.26. The van der Waals surface area contributed by atoms with Crippen molar-refractivity contribution in [2.75, 3.05) is 23.4 Å². The van der Waals surface area contributed by atoms with Crippen LogP contribution < -0.4 is 15.1 Å². The monoisotopic (exact) mass is 473 g/mol. The summed E-state index contributed by atoms with van der Waals surface area (Å²) in [5.41, 5.74) is 3.77. The molecule has 2 aromatic carbocycles. The molecule has 0 spiro atoms. The highest BCUT2D eigenvalue weighted by Gasteiger charge is 2.34. The van der Waals surface area contributed by atoms with Gasteiger partial charge in [0.1, 0.15) is 0 Å². The molecule has 1 saturated heterocycles. The molecule has 2 amide bonds. The first-order valence-corrected chi connectivity index (χ1v) is 13.7. The normalized spacial score (nSPS) is 21.9. The lowest BCUT2D eigenvalue weighted by Gasteiger charge is -2.26. The first-order valence-electron chi connectivity index (χ1n) is 13.7. The molecular formula is C30H39N3O2. The van der Waals surface area contributed by atoms with Gasteiger partial charge >= 0.3 is 0 Å². The van der Waals surface area contributed by atoms with Crippen molar-refractivity contribution in [3.8, 4) is 0 Å². The average molecular weight is 474 g/mol. The summed E-state index contributed by atoms with van der Waals surface area (Å²) in [5.74, 6) is 0.693. The average Bonchev–Trinajstić information content (AvgIpc) is 3.28. The summed E-state index contributed by atoms with van der Waals surface area (Å²) in [5, 5.41) is 3.62. The van der Waals surface area contributed by atoms with Crippen molar-refractivity contribution >= 4 is 23.2 Å². The van der Waals surface area contributed by atoms with Crippen molar-refractivity contribution in [2.45, 2.75) is 88.6 Å². The zero-order valence-electron chi connectivity index (χ0n) is 21.0. The zero-order chi connectivity index (χ0) is 24.2. The quantitative estimate of drug-likeness (QED) is 0.557. The molecule has 5 nitrogen and oxygen atoms in total. The van der Waals surface area contributed by atoms with E-state index in [4.69, 9.17) is 0 Å². The van der Waals surface area contributed by atoms with E-state index in [0.29, 0.717) is 12.0 Å². The van der Waals surface area contributed by atoms with Gasteiger partial charge in [-0.3, -0.25) is 9.59 Å². The van der Waals surface area contributed by atoms with Crippen molar-refractivity contribution in [1.82, 2.24) is 5.32 Å². The van der Waals surface area contributed by atoms with Crippen LogP contribution in [0.15, 0.2) is 48.5 Å². The van der Waals surface area contributed by atoms with Gasteiger partial charge < -0.3 is 15.1 Å². The molecule has 3 aliphatic rings. The molecule has 35 heavy (non-hydrogen) atoms. The van der Waals surface area contributed by atoms with Gasteiger partial charge in [-0.2, -0.15) is 0 Å². The predicted octanol–water partition coefficient (Wildman–Crippen LogP) is 6.04. The van der Waals surface area contributed by atoms with Gasteiger partial charge in [-0.1, -0.05) is 56.7 Å². The predicted molar refractivity (Wildman–Crippen MR) is 142 cm³/mol. The molecule has 3 fully saturated rings. The van der Waals surface area contributed by atoms with Crippen LogP contribution in [0.4, 0.5) is 11.4 Å². The van der Waals surface area contributed by atoms with Crippen LogP contribution in [0.5, 0.6) is 0 Å². The number of hydrogen-bond donors (Lipinski definition) is 1. The molecule has 1 atom stereocenters. The van der Waals surface area contributed by atoms with Crippen molar-refractivity contribution in [3.05, 3.63) is 59.7 Å². The van der Waals surface area contributed by atoms with E-state index in [0.717, 1.165) is 29.9 Å². The maximum Gasteiger partial charge on any atom is 0.258 e. The second-order valence-electron chi connectivity index (χ2n) is 10.6. The third kappa shape index (κ3) is 5.30. The maximum atomic E-state index is 13.5. The van der Waals surface area contributed by atoms with Crippen LogP contribution in [-0.4, -0.2) is 37.5 Å². The summed E-state index contributed by atoms with van der Waals surface area (Å²) < 4.78 is 0. The minimum atomic E-state index is -0.0710. The van der Waals surface area contributed by atoms with Crippen LogP contribution in [0.2, 0.25) is 0 Å². The van der Waals surface area contributed by atoms with Crippen LogP contribution >= 0.6 is 0 Å². The molecule has 2 saturated carbocycles. The van der Waals surface area contributed by atoms with Crippen LogP contribution in [0.3, 0.4) is 0 Å². The Hall–Kier alpha value is -2.66. The van der Waals surface area contributed by atoms with E-state index in [-0.39, 0.29) is 17.9 Å². The van der Waals surface area contributed by atoms with Crippen LogP contribution in [0.1, 0.15) is 92.5 Å². The summed E-state index contributed by atoms with van der Waals surface area (Å²) in [7, 11) is 1.85. The number of nitrogens with one attached hydrogen (secondary N) is 1. The maximum absolute atomic E-state index is 13.5. The van der Waals surface area contributed by atoms with Crippen molar-refractivity contribution < 1.29 is 9.59 Å². The van der Waals surface area contributed by atoms with Gasteiger partial charge in [-0.15, -0.1) is 0 Å². The fourth-order valence-corrected chi connectivity index (χ4v) is 6.26. The number of nitrogens with zero attached hydrogens (tertiary/aromatic N) is 2. The minimum absolute atomic E-state index is 0.0351. The van der Waals surface area contributed by atoms with Gasteiger partial charge in [0.25, 0.3) is 5.91 Å². The molecule has 1 heterocycles. The number of rotatable bonds is 6. The Bertz CT molecular complexity index is 1020. The summed E-state index contributed by atoms with van der Waals surface area (Å²) >= 11 is 0. The Morgan fingerprint density at radius 1 is 0.857 bits per heavy atom. The van der Waals surface area contributed by atoms with Crippen molar-refractivity contribution in [2.24, 2.45) is 0 Å². The van der Waals surface area contributed by atoms with E-state index in [2.05, 4.69) is 17.4 Å². The molecule has 0 radical (unpaired) electrons. The fraction of sp³-hybridized carbons (Fsp3) is 0.533. The summed E-state index contributed by atoms with van der Waals surface area (Å²) in [4.78, 5) is 30.2. The highest BCUT2D eigenvalue weighted by Crippen LogP contribution is 2.35. The zero-order valence-corrected chi connectivity index (χ0v) is 21.0. The molecule has 1 N–H and O–H groups in total. The summed E-state index contributed by atoms with van der Waals surface area (Å²) in [6, 6.07) is 16.4. The molecule has 5 rings (SSSR count). The van der Waals surface area contributed by atoms with Crippen LogP contribution in [0, 0.1) is 0 Å². The molecule has 5 heteroatoms. The standard InChI is InChI=1S/C30H39N3O2/c1-32(29(34)27-15-9-8-14-26(27)22-10-4-2-5-11-22)24-16-18-25(19-17-24)33-21-20-28(30(33)35)31-23-12-6-3-7-13-23/h8-9,14-19,22-23,28,31H,2-7,10-13,20-21H2,1H3. The van der Waals surface area contributed by atoms with E-state index in [1.165, 1.54) is 69.8 Å². The number of benzene rings is 2. The Morgan fingerprint density at radius 3 is 2.23 bits per heavy atom. The molecule has 2 aromatic rings. The summed E-state index contributed by atoms with van der Waals surface area (Å²) in [6.07, 6.45) is 13.2. The Balaban J connectivity index is 1.25. The Labute approximate surface area is 209 Å². The number of amides is 2. The lowest BCUT2D eigenvalue weighted by atomic mass is 9.82. The second-order valence-corrected chi connectivity index (χ2v) is 10.6. The Morgan fingerprint density at radius 2 is 1.51 bits per heavy atom. The van der Waals surface area contributed by atoms with E-state index < -0.39 is 0 Å². The van der Waals surface area contributed by atoms with Gasteiger partial charge in [0.2, 0.25) is 5.91 Å². The lowest BCUT2D eigenvalue weighted by Crippen LogP contribution is -2.44. The lowest BCUT2D eigenvalue weighted by molar-refractivity contribution is -0.119. The first kappa shape index (κ1) is 24.1. The van der Waals surface area contributed by atoms with Gasteiger partial charge in [0, 0.05) is 36.6 Å². The Kier molecular flexibility index (Phi) is 7.52. The van der Waals surface area contributed by atoms with E-state index >= 15 is 0 Å². The number of hydrogen-bond acceptors (Lipinski definition) is 3. The topological polar surface area (TPSA) is 52.7 Å². The SMILES string of the molecule is CN(C(=O)c1ccccc1C1CCCCC1)c1ccc(N2CCC(NC3CCCCC3)C2=O)cc1. The molecule has 0 aromatic heterocycles. The third-order valence-corrected chi connectivity index (χ3v) is 8.34. The molecule has 186 valence electrons. The largest absolute Gasteiger partial charge is 0.311 e. The van der Waals surface area contributed by atoms with E-state index in [1.807, 2.05) is 48.3 Å². The summed E-state index contributed by atoms with van der Waals surface area (Å²) in [6.45, 7) is 0.742. The highest BCUT2D eigenvalue weighted by atomic mass is 16.2. The molecule has 1 aliphatic heterocycles. The van der Waals surface area contributed by atoms with Gasteiger partial charge in [-0.05, 0) is 73.9 Å². The van der Waals surface area contributed by atoms with Gasteiger partial charge in [-0.25, -0.2) is 0 Å². The molecule has 0 bridgehead atoms. The molecule has 1 unspecified atom stereocenters. The van der Waals surface area contributed by atoms with Gasteiger partial charge in [0.15, 0.2) is 0 Å².